The molecule has 1 saturated heterocycles. The quantitative estimate of drug-likeness (QED) is 0.810. The van der Waals surface area contributed by atoms with Gasteiger partial charge in [-0.1, -0.05) is 17.7 Å². The van der Waals surface area contributed by atoms with Crippen LogP contribution in [0.4, 0.5) is 5.69 Å². The topological polar surface area (TPSA) is 53.6 Å². The largest absolute Gasteiger partial charge is 0.492 e. The fourth-order valence-corrected chi connectivity index (χ4v) is 5.05. The van der Waals surface area contributed by atoms with Crippen molar-refractivity contribution in [2.24, 2.45) is 0 Å². The van der Waals surface area contributed by atoms with Gasteiger partial charge in [0.1, 0.15) is 12.4 Å². The number of rotatable bonds is 4. The van der Waals surface area contributed by atoms with Gasteiger partial charge in [0, 0.05) is 23.8 Å². The van der Waals surface area contributed by atoms with Crippen LogP contribution in [0, 0.1) is 0 Å². The molecule has 5 rings (SSSR count). The van der Waals surface area contributed by atoms with Gasteiger partial charge in [0.25, 0.3) is 0 Å². The third-order valence-electron chi connectivity index (χ3n) is 6.63. The minimum absolute atomic E-state index is 0.120. The summed E-state index contributed by atoms with van der Waals surface area (Å²) in [7, 11) is 0. The van der Waals surface area contributed by atoms with Crippen molar-refractivity contribution in [3.05, 3.63) is 58.1 Å². The number of anilines is 1. The molecule has 0 atom stereocenters. The summed E-state index contributed by atoms with van der Waals surface area (Å²) < 4.78 is 6.03. The van der Waals surface area contributed by atoms with Gasteiger partial charge in [-0.3, -0.25) is 9.69 Å². The van der Waals surface area contributed by atoms with Crippen LogP contribution in [0.25, 0.3) is 0 Å². The van der Waals surface area contributed by atoms with Crippen LogP contribution >= 0.6 is 11.6 Å². The van der Waals surface area contributed by atoms with Crippen LogP contribution < -0.4 is 15.4 Å². The van der Waals surface area contributed by atoms with Crippen molar-refractivity contribution in [3.8, 4) is 5.75 Å². The van der Waals surface area contributed by atoms with Crippen LogP contribution in [-0.4, -0.2) is 43.6 Å². The van der Waals surface area contributed by atoms with Crippen molar-refractivity contribution in [1.82, 2.24) is 10.2 Å². The summed E-state index contributed by atoms with van der Waals surface area (Å²) in [6.45, 7) is 5.30. The van der Waals surface area contributed by atoms with E-state index in [9.17, 15) is 4.79 Å². The zero-order chi connectivity index (χ0) is 19.8. The van der Waals surface area contributed by atoms with Crippen molar-refractivity contribution in [2.75, 3.05) is 38.1 Å². The molecule has 6 heteroatoms. The second-order valence-corrected chi connectivity index (χ2v) is 8.71. The van der Waals surface area contributed by atoms with Crippen molar-refractivity contribution in [3.63, 3.8) is 0 Å². The Bertz CT molecular complexity index is 938. The molecule has 0 radical (unpaired) electrons. The lowest BCUT2D eigenvalue weighted by Gasteiger charge is -2.38. The van der Waals surface area contributed by atoms with E-state index < -0.39 is 5.41 Å². The molecule has 2 aromatic rings. The number of carbonyl (C=O) groups excluding carboxylic acids is 1. The number of fused-ring (bicyclic) bond motifs is 3. The summed E-state index contributed by atoms with van der Waals surface area (Å²) in [5.41, 5.74) is 4.32. The van der Waals surface area contributed by atoms with Crippen LogP contribution in [-0.2, 0) is 23.2 Å². The number of likely N-dealkylation sites (tertiary alicyclic amines) is 1. The molecule has 152 valence electrons. The molecule has 0 saturated carbocycles. The molecule has 1 amide bonds. The highest BCUT2D eigenvalue weighted by Gasteiger charge is 2.48. The van der Waals surface area contributed by atoms with Crippen LogP contribution in [0.3, 0.4) is 0 Å². The van der Waals surface area contributed by atoms with Gasteiger partial charge in [-0.15, -0.1) is 0 Å². The molecule has 0 unspecified atom stereocenters. The maximum absolute atomic E-state index is 12.7. The first-order chi connectivity index (χ1) is 14.1. The van der Waals surface area contributed by atoms with Gasteiger partial charge in [0.2, 0.25) is 5.91 Å². The van der Waals surface area contributed by atoms with E-state index >= 15 is 0 Å². The number of halogens is 1. The molecule has 1 spiro atoms. The molecule has 3 heterocycles. The molecule has 2 aromatic carbocycles. The van der Waals surface area contributed by atoms with Crippen LogP contribution in [0.2, 0.25) is 5.02 Å². The monoisotopic (exact) mass is 411 g/mol. The highest BCUT2D eigenvalue weighted by atomic mass is 35.5. The third-order valence-corrected chi connectivity index (χ3v) is 6.87. The molecule has 2 N–H and O–H groups in total. The van der Waals surface area contributed by atoms with E-state index in [4.69, 9.17) is 16.3 Å². The van der Waals surface area contributed by atoms with E-state index in [-0.39, 0.29) is 5.91 Å². The Labute approximate surface area is 176 Å². The average molecular weight is 412 g/mol. The Balaban J connectivity index is 1.17. The number of nitrogens with one attached hydrogen (secondary N) is 2. The zero-order valence-corrected chi connectivity index (χ0v) is 17.2. The van der Waals surface area contributed by atoms with E-state index in [2.05, 4.69) is 33.7 Å². The van der Waals surface area contributed by atoms with Gasteiger partial charge >= 0.3 is 0 Å². The lowest BCUT2D eigenvalue weighted by atomic mass is 9.73. The second-order valence-electron chi connectivity index (χ2n) is 8.27. The summed E-state index contributed by atoms with van der Waals surface area (Å²) in [5.74, 6) is 1.08. The number of hydrogen-bond acceptors (Lipinski definition) is 4. The number of benzene rings is 2. The number of ether oxygens (including phenoxy) is 1. The minimum Gasteiger partial charge on any atom is -0.492 e. The Morgan fingerprint density at radius 2 is 1.97 bits per heavy atom. The fourth-order valence-electron chi connectivity index (χ4n) is 4.88. The maximum atomic E-state index is 12.7. The molecule has 3 aliphatic rings. The molecule has 0 aromatic heterocycles. The van der Waals surface area contributed by atoms with E-state index in [0.29, 0.717) is 11.6 Å². The molecule has 3 aliphatic heterocycles. The Morgan fingerprint density at radius 1 is 1.10 bits per heavy atom. The predicted molar refractivity (Wildman–Crippen MR) is 115 cm³/mol. The first kappa shape index (κ1) is 18.9. The molecule has 0 aliphatic carbocycles. The molecule has 1 fully saturated rings. The molecular formula is C23H26ClN3O2. The number of hydrogen-bond donors (Lipinski definition) is 2. The number of nitrogens with zero attached hydrogens (tertiary/aromatic N) is 1. The molecule has 0 bridgehead atoms. The summed E-state index contributed by atoms with van der Waals surface area (Å²) in [5, 5.41) is 7.13. The van der Waals surface area contributed by atoms with E-state index in [1.165, 1.54) is 11.1 Å². The SMILES string of the molecule is O=C1Nc2ccc(Cl)cc2C12CCN(CCOc1ccc3c(c1)CCNC3)CC2. The smallest absolute Gasteiger partial charge is 0.235 e. The standard InChI is InChI=1S/C23H26ClN3O2/c24-18-2-4-21-20(14-18)23(22(28)26-21)6-9-27(10-7-23)11-12-29-19-3-1-17-15-25-8-5-16(17)13-19/h1-4,13-14,25H,5-12,15H2,(H,26,28). The summed E-state index contributed by atoms with van der Waals surface area (Å²) in [6, 6.07) is 12.1. The lowest BCUT2D eigenvalue weighted by molar-refractivity contribution is -0.122. The first-order valence-corrected chi connectivity index (χ1v) is 10.8. The van der Waals surface area contributed by atoms with Crippen molar-refractivity contribution >= 4 is 23.2 Å². The van der Waals surface area contributed by atoms with Crippen molar-refractivity contribution in [1.29, 1.82) is 0 Å². The second kappa shape index (κ2) is 7.63. The van der Waals surface area contributed by atoms with E-state index in [0.717, 1.165) is 69.0 Å². The fraction of sp³-hybridized carbons (Fsp3) is 0.435. The maximum Gasteiger partial charge on any atom is 0.235 e. The Morgan fingerprint density at radius 3 is 2.83 bits per heavy atom. The van der Waals surface area contributed by atoms with Crippen LogP contribution in [0.15, 0.2) is 36.4 Å². The Hall–Kier alpha value is -2.08. The zero-order valence-electron chi connectivity index (χ0n) is 16.5. The van der Waals surface area contributed by atoms with E-state index in [1.807, 2.05) is 18.2 Å². The number of carbonyl (C=O) groups is 1. The van der Waals surface area contributed by atoms with Gasteiger partial charge in [-0.2, -0.15) is 0 Å². The first-order valence-electron chi connectivity index (χ1n) is 10.4. The highest BCUT2D eigenvalue weighted by molar-refractivity contribution is 6.31. The minimum atomic E-state index is -0.426. The highest BCUT2D eigenvalue weighted by Crippen LogP contribution is 2.45. The molecule has 29 heavy (non-hydrogen) atoms. The third kappa shape index (κ3) is 3.52. The normalized spacial score (nSPS) is 20.2. The Kier molecular flexibility index (Phi) is 4.98. The predicted octanol–water partition coefficient (Wildman–Crippen LogP) is 3.35. The lowest BCUT2D eigenvalue weighted by Crippen LogP contribution is -2.47. The van der Waals surface area contributed by atoms with Crippen LogP contribution in [0.1, 0.15) is 29.5 Å². The molecular weight excluding hydrogens is 386 g/mol. The summed E-state index contributed by atoms with van der Waals surface area (Å²) in [4.78, 5) is 15.1. The summed E-state index contributed by atoms with van der Waals surface area (Å²) >= 11 is 6.20. The number of amides is 1. The van der Waals surface area contributed by atoms with Crippen molar-refractivity contribution in [2.45, 2.75) is 31.2 Å². The van der Waals surface area contributed by atoms with E-state index in [1.54, 1.807) is 0 Å². The van der Waals surface area contributed by atoms with Gasteiger partial charge < -0.3 is 15.4 Å². The van der Waals surface area contributed by atoms with Crippen LogP contribution in [0.5, 0.6) is 5.75 Å². The van der Waals surface area contributed by atoms with Gasteiger partial charge in [-0.25, -0.2) is 0 Å². The van der Waals surface area contributed by atoms with Crippen molar-refractivity contribution < 1.29 is 9.53 Å². The van der Waals surface area contributed by atoms with Gasteiger partial charge in [-0.05, 0) is 85.9 Å². The number of piperidine rings is 1. The van der Waals surface area contributed by atoms with Gasteiger partial charge in [0.15, 0.2) is 0 Å². The summed E-state index contributed by atoms with van der Waals surface area (Å²) in [6.07, 6.45) is 2.70. The average Bonchev–Trinajstić information content (AvgIpc) is 3.00. The molecule has 5 nitrogen and oxygen atoms in total. The van der Waals surface area contributed by atoms with Gasteiger partial charge in [0.05, 0.1) is 5.41 Å².